The zero-order valence-corrected chi connectivity index (χ0v) is 7.94. The van der Waals surface area contributed by atoms with Crippen molar-refractivity contribution in [1.29, 1.82) is 0 Å². The molecule has 15 heavy (non-hydrogen) atoms. The summed E-state index contributed by atoms with van der Waals surface area (Å²) in [6.45, 7) is 0.0303. The van der Waals surface area contributed by atoms with Crippen molar-refractivity contribution < 1.29 is 24.1 Å². The molecular weight excluding hydrogens is 203 g/mol. The predicted octanol–water partition coefficient (Wildman–Crippen LogP) is 1.03. The van der Waals surface area contributed by atoms with Crippen LogP contribution in [0.2, 0.25) is 0 Å². The number of aliphatic hydroxyl groups is 1. The molecule has 0 unspecified atom stereocenters. The second-order valence-electron chi connectivity index (χ2n) is 2.88. The highest BCUT2D eigenvalue weighted by Crippen LogP contribution is 2.12. The minimum Gasteiger partial charge on any atom is -0.478 e. The zero-order valence-electron chi connectivity index (χ0n) is 7.94. The Kier molecular flexibility index (Phi) is 4.20. The average Bonchev–Trinajstić information content (AvgIpc) is 2.20. The molecule has 2 N–H and O–H groups in total. The van der Waals surface area contributed by atoms with Gasteiger partial charge in [-0.2, -0.15) is 0 Å². The van der Waals surface area contributed by atoms with E-state index in [1.165, 1.54) is 12.1 Å². The number of aromatic carboxylic acids is 1. The van der Waals surface area contributed by atoms with Crippen molar-refractivity contribution in [3.63, 3.8) is 0 Å². The Balaban J connectivity index is 2.81. The predicted molar refractivity (Wildman–Crippen MR) is 50.1 cm³/mol. The van der Waals surface area contributed by atoms with Crippen LogP contribution in [0, 0.1) is 5.82 Å². The van der Waals surface area contributed by atoms with E-state index in [9.17, 15) is 9.18 Å². The molecule has 0 fully saturated rings. The number of carbonyl (C=O) groups is 1. The van der Waals surface area contributed by atoms with Crippen LogP contribution in [-0.4, -0.2) is 29.4 Å². The molecule has 0 saturated heterocycles. The lowest BCUT2D eigenvalue weighted by molar-refractivity contribution is 0.0671. The Bertz CT molecular complexity index is 351. The summed E-state index contributed by atoms with van der Waals surface area (Å²) >= 11 is 0. The monoisotopic (exact) mass is 214 g/mol. The van der Waals surface area contributed by atoms with Gasteiger partial charge in [-0.1, -0.05) is 6.07 Å². The molecule has 0 aromatic heterocycles. The highest BCUT2D eigenvalue weighted by Gasteiger charge is 2.10. The van der Waals surface area contributed by atoms with Crippen molar-refractivity contribution in [3.8, 4) is 0 Å². The van der Waals surface area contributed by atoms with Crippen LogP contribution in [-0.2, 0) is 11.3 Å². The van der Waals surface area contributed by atoms with Gasteiger partial charge in [0, 0.05) is 0 Å². The van der Waals surface area contributed by atoms with Gasteiger partial charge in [-0.05, 0) is 17.7 Å². The van der Waals surface area contributed by atoms with Gasteiger partial charge in [0.1, 0.15) is 5.82 Å². The van der Waals surface area contributed by atoms with Gasteiger partial charge in [0.25, 0.3) is 0 Å². The van der Waals surface area contributed by atoms with Gasteiger partial charge < -0.3 is 14.9 Å². The lowest BCUT2D eigenvalue weighted by atomic mass is 10.1. The molecule has 1 aromatic carbocycles. The minimum atomic E-state index is -1.20. The van der Waals surface area contributed by atoms with Crippen molar-refractivity contribution in [2.45, 2.75) is 6.61 Å². The standard InChI is InChI=1S/C10H11FO4/c11-8-2-1-7(6-15-4-3-12)9(5-8)10(13)14/h1-2,5,12H,3-4,6H2,(H,13,14). The largest absolute Gasteiger partial charge is 0.478 e. The van der Waals surface area contributed by atoms with Crippen LogP contribution < -0.4 is 0 Å². The Hall–Kier alpha value is -1.46. The van der Waals surface area contributed by atoms with Crippen LogP contribution >= 0.6 is 0 Å². The lowest BCUT2D eigenvalue weighted by Gasteiger charge is -2.06. The molecule has 0 spiro atoms. The fourth-order valence-corrected chi connectivity index (χ4v) is 1.12. The number of rotatable bonds is 5. The number of ether oxygens (including phenoxy) is 1. The molecule has 1 rings (SSSR count). The van der Waals surface area contributed by atoms with E-state index in [-0.39, 0.29) is 25.4 Å². The first kappa shape index (κ1) is 11.6. The van der Waals surface area contributed by atoms with E-state index in [2.05, 4.69) is 0 Å². The Labute approximate surface area is 85.9 Å². The average molecular weight is 214 g/mol. The molecule has 0 heterocycles. The van der Waals surface area contributed by atoms with Crippen LogP contribution in [0.15, 0.2) is 18.2 Å². The van der Waals surface area contributed by atoms with E-state index in [0.29, 0.717) is 5.56 Å². The first-order valence-corrected chi connectivity index (χ1v) is 4.35. The highest BCUT2D eigenvalue weighted by atomic mass is 19.1. The second-order valence-corrected chi connectivity index (χ2v) is 2.88. The minimum absolute atomic E-state index is 0.0441. The fourth-order valence-electron chi connectivity index (χ4n) is 1.12. The number of hydrogen-bond acceptors (Lipinski definition) is 3. The maximum Gasteiger partial charge on any atom is 0.336 e. The van der Waals surface area contributed by atoms with Crippen molar-refractivity contribution in [2.75, 3.05) is 13.2 Å². The molecule has 0 aliphatic heterocycles. The molecule has 0 aliphatic rings. The van der Waals surface area contributed by atoms with Crippen LogP contribution in [0.5, 0.6) is 0 Å². The van der Waals surface area contributed by atoms with Crippen LogP contribution in [0.25, 0.3) is 0 Å². The van der Waals surface area contributed by atoms with Gasteiger partial charge in [-0.15, -0.1) is 0 Å². The van der Waals surface area contributed by atoms with Crippen molar-refractivity contribution >= 4 is 5.97 Å². The molecule has 0 saturated carbocycles. The number of carboxylic acids is 1. The van der Waals surface area contributed by atoms with Gasteiger partial charge in [0.15, 0.2) is 0 Å². The molecule has 0 atom stereocenters. The molecule has 0 bridgehead atoms. The number of aliphatic hydroxyl groups excluding tert-OH is 1. The summed E-state index contributed by atoms with van der Waals surface area (Å²) in [5.74, 6) is -1.80. The van der Waals surface area contributed by atoms with E-state index in [1.807, 2.05) is 0 Å². The Morgan fingerprint density at radius 2 is 2.20 bits per heavy atom. The summed E-state index contributed by atoms with van der Waals surface area (Å²) in [6, 6.07) is 3.47. The van der Waals surface area contributed by atoms with Gasteiger partial charge in [-0.25, -0.2) is 9.18 Å². The van der Waals surface area contributed by atoms with Gasteiger partial charge in [0.2, 0.25) is 0 Å². The van der Waals surface area contributed by atoms with Crippen LogP contribution in [0.3, 0.4) is 0 Å². The van der Waals surface area contributed by atoms with E-state index in [4.69, 9.17) is 14.9 Å². The molecular formula is C10H11FO4. The third kappa shape index (κ3) is 3.30. The third-order valence-corrected chi connectivity index (χ3v) is 1.80. The first-order chi connectivity index (χ1) is 7.15. The summed E-state index contributed by atoms with van der Waals surface area (Å²) in [5.41, 5.74) is 0.269. The van der Waals surface area contributed by atoms with Crippen LogP contribution in [0.4, 0.5) is 4.39 Å². The maximum absolute atomic E-state index is 12.8. The van der Waals surface area contributed by atoms with Crippen molar-refractivity contribution in [3.05, 3.63) is 35.1 Å². The normalized spacial score (nSPS) is 10.3. The Morgan fingerprint density at radius 1 is 1.47 bits per heavy atom. The molecule has 0 amide bonds. The van der Waals surface area contributed by atoms with E-state index >= 15 is 0 Å². The molecule has 5 heteroatoms. The first-order valence-electron chi connectivity index (χ1n) is 4.35. The molecule has 1 aromatic rings. The molecule has 0 radical (unpaired) electrons. The van der Waals surface area contributed by atoms with Gasteiger partial charge >= 0.3 is 5.97 Å². The lowest BCUT2D eigenvalue weighted by Crippen LogP contribution is -2.06. The topological polar surface area (TPSA) is 66.8 Å². The summed E-state index contributed by atoms with van der Waals surface area (Å²) in [7, 11) is 0. The summed E-state index contributed by atoms with van der Waals surface area (Å²) in [4.78, 5) is 10.7. The number of carboxylic acid groups (broad SMARTS) is 1. The van der Waals surface area contributed by atoms with E-state index < -0.39 is 11.8 Å². The number of benzene rings is 1. The summed E-state index contributed by atoms with van der Waals surface area (Å²) in [5, 5.41) is 17.2. The summed E-state index contributed by atoms with van der Waals surface area (Å²) in [6.07, 6.45) is 0. The van der Waals surface area contributed by atoms with Crippen molar-refractivity contribution in [2.24, 2.45) is 0 Å². The van der Waals surface area contributed by atoms with Gasteiger partial charge in [-0.3, -0.25) is 0 Å². The van der Waals surface area contributed by atoms with E-state index in [0.717, 1.165) is 6.07 Å². The zero-order chi connectivity index (χ0) is 11.3. The van der Waals surface area contributed by atoms with Crippen molar-refractivity contribution in [1.82, 2.24) is 0 Å². The smallest absolute Gasteiger partial charge is 0.336 e. The number of hydrogen-bond donors (Lipinski definition) is 2. The number of halogens is 1. The molecule has 0 aliphatic carbocycles. The summed E-state index contributed by atoms with van der Waals surface area (Å²) < 4.78 is 17.7. The van der Waals surface area contributed by atoms with Gasteiger partial charge in [0.05, 0.1) is 25.4 Å². The Morgan fingerprint density at radius 3 is 2.80 bits per heavy atom. The SMILES string of the molecule is O=C(O)c1cc(F)ccc1COCCO. The molecule has 82 valence electrons. The molecule has 4 nitrogen and oxygen atoms in total. The van der Waals surface area contributed by atoms with Crippen LogP contribution in [0.1, 0.15) is 15.9 Å². The quantitative estimate of drug-likeness (QED) is 0.718. The highest BCUT2D eigenvalue weighted by molar-refractivity contribution is 5.89. The second kappa shape index (κ2) is 5.43. The fraction of sp³-hybridized carbons (Fsp3) is 0.300. The third-order valence-electron chi connectivity index (χ3n) is 1.80. The maximum atomic E-state index is 12.8. The van der Waals surface area contributed by atoms with E-state index in [1.54, 1.807) is 0 Å².